The first-order valence-electron chi connectivity index (χ1n) is 10.1. The summed E-state index contributed by atoms with van der Waals surface area (Å²) < 4.78 is 5.33. The van der Waals surface area contributed by atoms with Crippen molar-refractivity contribution in [1.82, 2.24) is 10.2 Å². The van der Waals surface area contributed by atoms with Gasteiger partial charge in [0.15, 0.2) is 0 Å². The lowest BCUT2D eigenvalue weighted by Gasteiger charge is -2.33. The minimum absolute atomic E-state index is 0.0552. The number of nitrogens with two attached hydrogens (primary N) is 1. The summed E-state index contributed by atoms with van der Waals surface area (Å²) in [5, 5.41) is 3.04. The molecule has 1 atom stereocenters. The van der Waals surface area contributed by atoms with E-state index in [2.05, 4.69) is 5.32 Å². The Balaban J connectivity index is 1.45. The lowest BCUT2D eigenvalue weighted by Crippen LogP contribution is -2.51. The Hall–Kier alpha value is -2.86. The normalized spacial score (nSPS) is 15.6. The zero-order valence-corrected chi connectivity index (χ0v) is 16.8. The highest BCUT2D eigenvalue weighted by Gasteiger charge is 2.26. The van der Waals surface area contributed by atoms with Crippen molar-refractivity contribution in [2.75, 3.05) is 20.2 Å². The maximum absolute atomic E-state index is 12.6. The molecule has 1 fully saturated rings. The van der Waals surface area contributed by atoms with Gasteiger partial charge in [-0.25, -0.2) is 0 Å². The Bertz CT molecular complexity index is 817. The maximum Gasteiger partial charge on any atom is 0.237 e. The van der Waals surface area contributed by atoms with Crippen LogP contribution in [0, 0.1) is 0 Å². The third-order valence-electron chi connectivity index (χ3n) is 5.36. The first-order valence-corrected chi connectivity index (χ1v) is 10.1. The Labute approximate surface area is 172 Å². The van der Waals surface area contributed by atoms with Gasteiger partial charge < -0.3 is 20.7 Å². The third-order valence-corrected chi connectivity index (χ3v) is 5.36. The highest BCUT2D eigenvalue weighted by Crippen LogP contribution is 2.20. The van der Waals surface area contributed by atoms with Crippen LogP contribution in [-0.4, -0.2) is 49.0 Å². The number of piperidine rings is 1. The zero-order valence-electron chi connectivity index (χ0n) is 16.8. The molecule has 0 saturated carbocycles. The molecular weight excluding hydrogens is 366 g/mol. The Kier molecular flexibility index (Phi) is 7.25. The van der Waals surface area contributed by atoms with E-state index in [0.29, 0.717) is 25.9 Å². The summed E-state index contributed by atoms with van der Waals surface area (Å²) in [7, 11) is 1.61. The summed E-state index contributed by atoms with van der Waals surface area (Å²) in [6.07, 6.45) is 2.31. The molecule has 6 nitrogen and oxygen atoms in total. The zero-order chi connectivity index (χ0) is 20.6. The molecule has 0 radical (unpaired) electrons. The van der Waals surface area contributed by atoms with Crippen molar-refractivity contribution in [2.45, 2.75) is 37.8 Å². The van der Waals surface area contributed by atoms with Crippen LogP contribution in [0.4, 0.5) is 0 Å². The van der Waals surface area contributed by atoms with Crippen LogP contribution >= 0.6 is 0 Å². The average molecular weight is 396 g/mol. The minimum atomic E-state index is -0.567. The molecule has 2 aromatic rings. The number of rotatable bonds is 7. The molecule has 2 amide bonds. The Morgan fingerprint density at radius 3 is 2.45 bits per heavy atom. The van der Waals surface area contributed by atoms with E-state index in [1.165, 1.54) is 0 Å². The van der Waals surface area contributed by atoms with E-state index < -0.39 is 6.04 Å². The molecule has 1 saturated heterocycles. The van der Waals surface area contributed by atoms with Crippen LogP contribution in [0.25, 0.3) is 0 Å². The number of likely N-dealkylation sites (tertiary alicyclic amines) is 1. The summed E-state index contributed by atoms with van der Waals surface area (Å²) in [4.78, 5) is 26.9. The average Bonchev–Trinajstić information content (AvgIpc) is 2.75. The first-order chi connectivity index (χ1) is 14.1. The first kappa shape index (κ1) is 20.9. The topological polar surface area (TPSA) is 84.7 Å². The molecule has 29 heavy (non-hydrogen) atoms. The number of methoxy groups -OCH3 is 1. The number of benzene rings is 2. The van der Waals surface area contributed by atoms with Crippen molar-refractivity contribution >= 4 is 11.8 Å². The van der Waals surface area contributed by atoms with Gasteiger partial charge in [0.05, 0.1) is 19.6 Å². The molecule has 0 aliphatic carbocycles. The standard InChI is InChI=1S/C23H29N3O3/c1-29-21-10-6-5-9-18(21)16-22(27)26-13-11-19(12-14-26)25-23(28)20(24)15-17-7-3-2-4-8-17/h2-10,19-20H,11-16,24H2,1H3,(H,25,28)/t20-/m0/s1. The van der Waals surface area contributed by atoms with Gasteiger partial charge in [-0.3, -0.25) is 9.59 Å². The smallest absolute Gasteiger partial charge is 0.237 e. The summed E-state index contributed by atoms with van der Waals surface area (Å²) in [5.74, 6) is 0.683. The van der Waals surface area contributed by atoms with Crippen molar-refractivity contribution in [3.63, 3.8) is 0 Å². The van der Waals surface area contributed by atoms with Crippen LogP contribution < -0.4 is 15.8 Å². The fraction of sp³-hybridized carbons (Fsp3) is 0.391. The van der Waals surface area contributed by atoms with Crippen LogP contribution in [0.2, 0.25) is 0 Å². The molecule has 154 valence electrons. The minimum Gasteiger partial charge on any atom is -0.496 e. The predicted molar refractivity (Wildman–Crippen MR) is 113 cm³/mol. The van der Waals surface area contributed by atoms with E-state index in [4.69, 9.17) is 10.5 Å². The Morgan fingerprint density at radius 2 is 1.76 bits per heavy atom. The van der Waals surface area contributed by atoms with E-state index in [-0.39, 0.29) is 17.9 Å². The largest absolute Gasteiger partial charge is 0.496 e. The highest BCUT2D eigenvalue weighted by atomic mass is 16.5. The Morgan fingerprint density at radius 1 is 1.10 bits per heavy atom. The van der Waals surface area contributed by atoms with Gasteiger partial charge in [-0.2, -0.15) is 0 Å². The molecule has 6 heteroatoms. The second-order valence-corrected chi connectivity index (χ2v) is 7.45. The lowest BCUT2D eigenvalue weighted by molar-refractivity contribution is -0.131. The van der Waals surface area contributed by atoms with Crippen molar-refractivity contribution in [2.24, 2.45) is 5.73 Å². The van der Waals surface area contributed by atoms with Crippen molar-refractivity contribution in [1.29, 1.82) is 0 Å². The van der Waals surface area contributed by atoms with Gasteiger partial charge in [0.25, 0.3) is 0 Å². The maximum atomic E-state index is 12.6. The molecule has 1 aliphatic heterocycles. The predicted octanol–water partition coefficient (Wildman–Crippen LogP) is 1.91. The number of para-hydroxylation sites is 1. The number of nitrogens with one attached hydrogen (secondary N) is 1. The second-order valence-electron chi connectivity index (χ2n) is 7.45. The molecule has 3 rings (SSSR count). The van der Waals surface area contributed by atoms with Gasteiger partial charge >= 0.3 is 0 Å². The van der Waals surface area contributed by atoms with E-state index in [1.807, 2.05) is 59.5 Å². The van der Waals surface area contributed by atoms with Gasteiger partial charge in [0, 0.05) is 24.7 Å². The summed E-state index contributed by atoms with van der Waals surface area (Å²) in [6.45, 7) is 1.26. The van der Waals surface area contributed by atoms with Crippen molar-refractivity contribution in [3.8, 4) is 5.75 Å². The number of carbonyl (C=O) groups excluding carboxylic acids is 2. The molecule has 0 bridgehead atoms. The molecule has 0 aromatic heterocycles. The number of carbonyl (C=O) groups is 2. The molecule has 1 aliphatic rings. The van der Waals surface area contributed by atoms with Gasteiger partial charge in [0.1, 0.15) is 5.75 Å². The SMILES string of the molecule is COc1ccccc1CC(=O)N1CCC(NC(=O)[C@@H](N)Cc2ccccc2)CC1. The van der Waals surface area contributed by atoms with Crippen molar-refractivity contribution < 1.29 is 14.3 Å². The number of hydrogen-bond acceptors (Lipinski definition) is 4. The van der Waals surface area contributed by atoms with E-state index in [0.717, 1.165) is 29.7 Å². The molecule has 0 spiro atoms. The number of nitrogens with zero attached hydrogens (tertiary/aromatic N) is 1. The molecule has 1 heterocycles. The molecule has 0 unspecified atom stereocenters. The quantitative estimate of drug-likeness (QED) is 0.750. The van der Waals surface area contributed by atoms with Crippen molar-refractivity contribution in [3.05, 3.63) is 65.7 Å². The highest BCUT2D eigenvalue weighted by molar-refractivity contribution is 5.82. The van der Waals surface area contributed by atoms with Crippen LogP contribution in [0.1, 0.15) is 24.0 Å². The van der Waals surface area contributed by atoms with E-state index in [9.17, 15) is 9.59 Å². The molecule has 2 aromatic carbocycles. The van der Waals surface area contributed by atoms with E-state index in [1.54, 1.807) is 7.11 Å². The molecular formula is C23H29N3O3. The number of ether oxygens (including phenoxy) is 1. The third kappa shape index (κ3) is 5.81. The van der Waals surface area contributed by atoms with Crippen LogP contribution in [-0.2, 0) is 22.4 Å². The van der Waals surface area contributed by atoms with Crippen LogP contribution in [0.3, 0.4) is 0 Å². The monoisotopic (exact) mass is 395 g/mol. The fourth-order valence-corrected chi connectivity index (χ4v) is 3.67. The van der Waals surface area contributed by atoms with E-state index >= 15 is 0 Å². The fourth-order valence-electron chi connectivity index (χ4n) is 3.67. The summed E-state index contributed by atoms with van der Waals surface area (Å²) in [6, 6.07) is 16.8. The van der Waals surface area contributed by atoms with Crippen LogP contribution in [0.15, 0.2) is 54.6 Å². The van der Waals surface area contributed by atoms with Gasteiger partial charge in [-0.05, 0) is 30.9 Å². The second kappa shape index (κ2) is 10.1. The number of hydrogen-bond donors (Lipinski definition) is 2. The summed E-state index contributed by atoms with van der Waals surface area (Å²) in [5.41, 5.74) is 8.01. The van der Waals surface area contributed by atoms with Gasteiger partial charge in [-0.15, -0.1) is 0 Å². The molecule has 3 N–H and O–H groups in total. The van der Waals surface area contributed by atoms with Crippen LogP contribution in [0.5, 0.6) is 5.75 Å². The summed E-state index contributed by atoms with van der Waals surface area (Å²) >= 11 is 0. The lowest BCUT2D eigenvalue weighted by atomic mass is 10.0. The van der Waals surface area contributed by atoms with Gasteiger partial charge in [0.2, 0.25) is 11.8 Å². The number of amides is 2. The van der Waals surface area contributed by atoms with Gasteiger partial charge in [-0.1, -0.05) is 48.5 Å².